The van der Waals surface area contributed by atoms with Crippen LogP contribution in [-0.2, 0) is 17.2 Å². The molecule has 0 spiro atoms. The summed E-state index contributed by atoms with van der Waals surface area (Å²) in [5.41, 5.74) is 0. The Balaban J connectivity index is 2.53. The van der Waals surface area contributed by atoms with Crippen molar-refractivity contribution in [1.82, 2.24) is 9.97 Å². The maximum Gasteiger partial charge on any atom is 0.131 e. The van der Waals surface area contributed by atoms with Crippen LogP contribution in [-0.4, -0.2) is 32.2 Å². The van der Waals surface area contributed by atoms with Crippen LogP contribution in [0.25, 0.3) is 0 Å². The average molecular weight is 306 g/mol. The van der Waals surface area contributed by atoms with Crippen molar-refractivity contribution < 1.29 is 4.21 Å². The molecule has 16 heavy (non-hydrogen) atoms. The lowest BCUT2D eigenvalue weighted by atomic mass is 10.4. The first-order valence-corrected chi connectivity index (χ1v) is 7.56. The van der Waals surface area contributed by atoms with E-state index in [1.165, 1.54) is 0 Å². The third kappa shape index (κ3) is 4.57. The van der Waals surface area contributed by atoms with Crippen molar-refractivity contribution in [2.24, 2.45) is 0 Å². The molecule has 1 N–H and O–H groups in total. The largest absolute Gasteiger partial charge is 0.369 e. The fourth-order valence-electron chi connectivity index (χ4n) is 1.15. The van der Waals surface area contributed by atoms with E-state index in [0.29, 0.717) is 18.1 Å². The quantitative estimate of drug-likeness (QED) is 0.817. The average Bonchev–Trinajstić information content (AvgIpc) is 2.28. The summed E-state index contributed by atoms with van der Waals surface area (Å²) in [7, 11) is -0.731. The van der Waals surface area contributed by atoms with Gasteiger partial charge >= 0.3 is 0 Å². The monoisotopic (exact) mass is 305 g/mol. The zero-order chi connectivity index (χ0) is 12.0. The summed E-state index contributed by atoms with van der Waals surface area (Å²) < 4.78 is 12.0. The number of aryl methyl sites for hydroxylation is 1. The molecule has 0 saturated carbocycles. The standard InChI is InChI=1S/C10H16BrN3OS/c1-3-9-13-8(11)7-10(14-9)12-5-6-16(15)4-2/h7H,3-6H2,1-2H3,(H,12,13,14). The molecule has 1 atom stereocenters. The van der Waals surface area contributed by atoms with Crippen LogP contribution in [0.3, 0.4) is 0 Å². The highest BCUT2D eigenvalue weighted by molar-refractivity contribution is 9.10. The number of hydrogen-bond acceptors (Lipinski definition) is 4. The SMILES string of the molecule is CCc1nc(Br)cc(NCCS(=O)CC)n1. The third-order valence-electron chi connectivity index (χ3n) is 2.02. The third-order valence-corrected chi connectivity index (χ3v) is 3.72. The fourth-order valence-corrected chi connectivity index (χ4v) is 2.19. The lowest BCUT2D eigenvalue weighted by molar-refractivity contribution is 0.684. The zero-order valence-electron chi connectivity index (χ0n) is 9.49. The number of rotatable bonds is 6. The molecule has 1 aromatic rings. The van der Waals surface area contributed by atoms with Crippen LogP contribution in [0.15, 0.2) is 10.7 Å². The molecule has 0 saturated heterocycles. The van der Waals surface area contributed by atoms with Gasteiger partial charge in [0.25, 0.3) is 0 Å². The minimum atomic E-state index is -0.731. The van der Waals surface area contributed by atoms with E-state index in [-0.39, 0.29) is 0 Å². The van der Waals surface area contributed by atoms with Crippen LogP contribution in [0.5, 0.6) is 0 Å². The van der Waals surface area contributed by atoms with Gasteiger partial charge in [0.15, 0.2) is 0 Å². The maximum atomic E-state index is 11.2. The minimum absolute atomic E-state index is 0.652. The summed E-state index contributed by atoms with van der Waals surface area (Å²) in [5, 5.41) is 3.15. The van der Waals surface area contributed by atoms with Crippen molar-refractivity contribution in [3.05, 3.63) is 16.5 Å². The van der Waals surface area contributed by atoms with Crippen molar-refractivity contribution in [1.29, 1.82) is 0 Å². The van der Waals surface area contributed by atoms with E-state index < -0.39 is 10.8 Å². The topological polar surface area (TPSA) is 54.9 Å². The first kappa shape index (κ1) is 13.6. The van der Waals surface area contributed by atoms with Crippen molar-refractivity contribution >= 4 is 32.5 Å². The molecule has 0 aromatic carbocycles. The van der Waals surface area contributed by atoms with Gasteiger partial charge in [-0.2, -0.15) is 0 Å². The molecule has 1 heterocycles. The van der Waals surface area contributed by atoms with Gasteiger partial charge in [-0.15, -0.1) is 0 Å². The molecule has 0 amide bonds. The van der Waals surface area contributed by atoms with Gasteiger partial charge in [0.05, 0.1) is 0 Å². The van der Waals surface area contributed by atoms with Gasteiger partial charge in [0.1, 0.15) is 16.2 Å². The van der Waals surface area contributed by atoms with Gasteiger partial charge in [0, 0.05) is 41.3 Å². The van der Waals surface area contributed by atoms with Crippen LogP contribution in [0.2, 0.25) is 0 Å². The van der Waals surface area contributed by atoms with Gasteiger partial charge in [0.2, 0.25) is 0 Å². The Bertz CT molecular complexity index is 373. The number of hydrogen-bond donors (Lipinski definition) is 1. The van der Waals surface area contributed by atoms with Crippen LogP contribution in [0.1, 0.15) is 19.7 Å². The second-order valence-electron chi connectivity index (χ2n) is 3.21. The smallest absolute Gasteiger partial charge is 0.131 e. The summed E-state index contributed by atoms with van der Waals surface area (Å²) in [5.74, 6) is 2.94. The molecule has 6 heteroatoms. The van der Waals surface area contributed by atoms with E-state index >= 15 is 0 Å². The van der Waals surface area contributed by atoms with Crippen LogP contribution in [0, 0.1) is 0 Å². The van der Waals surface area contributed by atoms with Crippen molar-refractivity contribution in [3.63, 3.8) is 0 Å². The molecule has 1 unspecified atom stereocenters. The summed E-state index contributed by atoms with van der Waals surface area (Å²) in [6, 6.07) is 1.83. The highest BCUT2D eigenvalue weighted by Crippen LogP contribution is 2.12. The molecule has 1 aromatic heterocycles. The highest BCUT2D eigenvalue weighted by atomic mass is 79.9. The van der Waals surface area contributed by atoms with Gasteiger partial charge in [-0.05, 0) is 15.9 Å². The Kier molecular flexibility index (Phi) is 5.90. The zero-order valence-corrected chi connectivity index (χ0v) is 11.9. The summed E-state index contributed by atoms with van der Waals surface area (Å²) in [6.45, 7) is 4.61. The molecule has 90 valence electrons. The maximum absolute atomic E-state index is 11.2. The fraction of sp³-hybridized carbons (Fsp3) is 0.600. The van der Waals surface area contributed by atoms with E-state index in [4.69, 9.17) is 0 Å². The Morgan fingerprint density at radius 1 is 1.44 bits per heavy atom. The second-order valence-corrected chi connectivity index (χ2v) is 5.88. The number of halogens is 1. The van der Waals surface area contributed by atoms with Gasteiger partial charge in [-0.1, -0.05) is 13.8 Å². The Morgan fingerprint density at radius 2 is 2.19 bits per heavy atom. The molecule has 0 fully saturated rings. The summed E-state index contributed by atoms with van der Waals surface area (Å²) in [4.78, 5) is 8.54. The Hall–Kier alpha value is -0.490. The predicted molar refractivity (Wildman–Crippen MR) is 71.2 cm³/mol. The molecule has 1 rings (SSSR count). The minimum Gasteiger partial charge on any atom is -0.369 e. The molecule has 4 nitrogen and oxygen atoms in total. The van der Waals surface area contributed by atoms with E-state index in [9.17, 15) is 4.21 Å². The molecular formula is C10H16BrN3OS. The van der Waals surface area contributed by atoms with Crippen molar-refractivity contribution in [3.8, 4) is 0 Å². The van der Waals surface area contributed by atoms with Crippen molar-refractivity contribution in [2.75, 3.05) is 23.4 Å². The number of anilines is 1. The van der Waals surface area contributed by atoms with Gasteiger partial charge in [-0.25, -0.2) is 9.97 Å². The first-order valence-electron chi connectivity index (χ1n) is 5.28. The van der Waals surface area contributed by atoms with E-state index in [0.717, 1.165) is 22.7 Å². The molecule has 0 aliphatic carbocycles. The molecular weight excluding hydrogens is 290 g/mol. The Morgan fingerprint density at radius 3 is 2.81 bits per heavy atom. The second kappa shape index (κ2) is 6.96. The molecule has 0 aliphatic rings. The normalized spacial score (nSPS) is 12.4. The lowest BCUT2D eigenvalue weighted by Crippen LogP contribution is -2.13. The van der Waals surface area contributed by atoms with Crippen LogP contribution in [0.4, 0.5) is 5.82 Å². The predicted octanol–water partition coefficient (Wildman–Crippen LogP) is 1.98. The van der Waals surface area contributed by atoms with E-state index in [1.54, 1.807) is 0 Å². The lowest BCUT2D eigenvalue weighted by Gasteiger charge is -2.06. The summed E-state index contributed by atoms with van der Waals surface area (Å²) >= 11 is 3.34. The first-order chi connectivity index (χ1) is 7.65. The van der Waals surface area contributed by atoms with Crippen LogP contribution < -0.4 is 5.32 Å². The highest BCUT2D eigenvalue weighted by Gasteiger charge is 2.01. The molecule has 0 bridgehead atoms. The van der Waals surface area contributed by atoms with Crippen LogP contribution >= 0.6 is 15.9 Å². The number of aromatic nitrogens is 2. The Labute approximate surface area is 107 Å². The van der Waals surface area contributed by atoms with E-state index in [1.807, 2.05) is 19.9 Å². The molecule has 0 aliphatic heterocycles. The van der Waals surface area contributed by atoms with Crippen molar-refractivity contribution in [2.45, 2.75) is 20.3 Å². The van der Waals surface area contributed by atoms with E-state index in [2.05, 4.69) is 31.2 Å². The number of nitrogens with one attached hydrogen (secondary N) is 1. The van der Waals surface area contributed by atoms with Gasteiger partial charge < -0.3 is 5.32 Å². The summed E-state index contributed by atoms with van der Waals surface area (Å²) in [6.07, 6.45) is 0.801. The molecule has 0 radical (unpaired) electrons. The van der Waals surface area contributed by atoms with Gasteiger partial charge in [-0.3, -0.25) is 4.21 Å². The number of nitrogens with zero attached hydrogens (tertiary/aromatic N) is 2.